The normalized spacial score (nSPS) is 16.5. The molecule has 226 valence electrons. The first kappa shape index (κ1) is 29.7. The predicted molar refractivity (Wildman–Crippen MR) is 161 cm³/mol. The van der Waals surface area contributed by atoms with Crippen LogP contribution in [0.4, 0.5) is 26.7 Å². The van der Waals surface area contributed by atoms with Crippen molar-refractivity contribution < 1.29 is 23.7 Å². The molecule has 0 atom stereocenters. The van der Waals surface area contributed by atoms with Crippen molar-refractivity contribution in [2.45, 2.75) is 65.3 Å². The summed E-state index contributed by atoms with van der Waals surface area (Å²) in [7, 11) is 0. The van der Waals surface area contributed by atoms with E-state index in [2.05, 4.69) is 20.0 Å². The molecule has 5 amide bonds. The van der Waals surface area contributed by atoms with E-state index < -0.39 is 35.7 Å². The summed E-state index contributed by atoms with van der Waals surface area (Å²) in [6, 6.07) is 12.2. The number of ketones is 1. The summed E-state index contributed by atoms with van der Waals surface area (Å²) in [4.78, 5) is 74.0. The molecule has 1 aromatic heterocycles. The van der Waals surface area contributed by atoms with Gasteiger partial charge < -0.3 is 9.84 Å². The summed E-state index contributed by atoms with van der Waals surface area (Å²) in [5.41, 5.74) is 1.14. The summed E-state index contributed by atoms with van der Waals surface area (Å²) in [6.07, 6.45) is 5.57. The molecule has 12 nitrogen and oxygen atoms in total. The molecule has 1 saturated carbocycles. The first-order valence-corrected chi connectivity index (χ1v) is 14.5. The standard InChI is InChI=1S/C31H36N6O6/c1-31(2,3)25(38)18-35-23-15-8-9-16-24(23)37(22-13-6-4-5-7-14-22)30(42)36(29(35)41)19-26(39)32-21-12-10-11-20(17-21)27-33-28(40)43-34-27/h8-12,15-17,22H,4-7,13-14,18-19H2,1-3H3,(H,32,39)(H,33,34,40). The van der Waals surface area contributed by atoms with Gasteiger partial charge in [0.1, 0.15) is 6.54 Å². The Kier molecular flexibility index (Phi) is 8.47. The van der Waals surface area contributed by atoms with E-state index in [1.54, 1.807) is 68.1 Å². The molecule has 2 N–H and O–H groups in total. The molecule has 0 bridgehead atoms. The van der Waals surface area contributed by atoms with E-state index in [-0.39, 0.29) is 24.2 Å². The molecule has 2 heterocycles. The minimum Gasteiger partial charge on any atom is -0.325 e. The fourth-order valence-corrected chi connectivity index (χ4v) is 5.44. The number of aromatic amines is 1. The molecule has 43 heavy (non-hydrogen) atoms. The lowest BCUT2D eigenvalue weighted by Gasteiger charge is -2.33. The second kappa shape index (κ2) is 12.2. The zero-order chi connectivity index (χ0) is 30.7. The van der Waals surface area contributed by atoms with E-state index in [0.717, 1.165) is 43.4 Å². The van der Waals surface area contributed by atoms with E-state index >= 15 is 0 Å². The van der Waals surface area contributed by atoms with Gasteiger partial charge in [-0.2, -0.15) is 10.1 Å². The number of nitrogens with one attached hydrogen (secondary N) is 2. The zero-order valence-corrected chi connectivity index (χ0v) is 24.6. The van der Waals surface area contributed by atoms with Crippen LogP contribution in [0.2, 0.25) is 0 Å². The van der Waals surface area contributed by atoms with Gasteiger partial charge in [-0.3, -0.25) is 19.4 Å². The van der Waals surface area contributed by atoms with E-state index in [0.29, 0.717) is 22.6 Å². The maximum absolute atomic E-state index is 14.3. The van der Waals surface area contributed by atoms with Crippen LogP contribution in [0.1, 0.15) is 59.3 Å². The highest BCUT2D eigenvalue weighted by atomic mass is 16.5. The number of fused-ring (bicyclic) bond motifs is 1. The topological polar surface area (TPSA) is 149 Å². The number of aromatic nitrogens is 2. The first-order valence-electron chi connectivity index (χ1n) is 14.5. The SMILES string of the molecule is CC(C)(C)C(=O)CN1C(=O)N(CC(=O)Nc2cccc(-c3nc(=O)o[nH]3)c2)C(=O)N(C2CCCCCC2)c2ccccc21. The van der Waals surface area contributed by atoms with Gasteiger partial charge in [-0.1, -0.05) is 70.7 Å². The highest BCUT2D eigenvalue weighted by molar-refractivity contribution is 6.16. The van der Waals surface area contributed by atoms with Crippen molar-refractivity contribution in [2.75, 3.05) is 28.2 Å². The Bertz CT molecular complexity index is 1580. The summed E-state index contributed by atoms with van der Waals surface area (Å²) in [5.74, 6) is -1.38. The van der Waals surface area contributed by atoms with Gasteiger partial charge in [-0.05, 0) is 37.1 Å². The smallest absolute Gasteiger partial charge is 0.325 e. The highest BCUT2D eigenvalue weighted by Crippen LogP contribution is 2.38. The summed E-state index contributed by atoms with van der Waals surface area (Å²) >= 11 is 0. The molecule has 1 aliphatic carbocycles. The second-order valence-corrected chi connectivity index (χ2v) is 12.0. The van der Waals surface area contributed by atoms with E-state index in [1.807, 2.05) is 6.07 Å². The highest BCUT2D eigenvalue weighted by Gasteiger charge is 2.42. The monoisotopic (exact) mass is 588 g/mol. The van der Waals surface area contributed by atoms with Crippen molar-refractivity contribution in [3.8, 4) is 11.4 Å². The molecule has 0 spiro atoms. The lowest BCUT2D eigenvalue weighted by atomic mass is 9.90. The Morgan fingerprint density at radius 1 is 0.907 bits per heavy atom. The fraction of sp³-hybridized carbons (Fsp3) is 0.419. The third-order valence-electron chi connectivity index (χ3n) is 7.82. The van der Waals surface area contributed by atoms with Gasteiger partial charge in [0.2, 0.25) is 5.91 Å². The number of rotatable bonds is 7. The third kappa shape index (κ3) is 6.52. The van der Waals surface area contributed by atoms with Crippen molar-refractivity contribution in [3.05, 3.63) is 59.1 Å². The van der Waals surface area contributed by atoms with Crippen LogP contribution in [0.25, 0.3) is 11.4 Å². The number of imide groups is 1. The Morgan fingerprint density at radius 2 is 1.60 bits per heavy atom. The number of amides is 5. The van der Waals surface area contributed by atoms with Gasteiger partial charge in [0.15, 0.2) is 11.6 Å². The zero-order valence-electron chi connectivity index (χ0n) is 24.6. The summed E-state index contributed by atoms with van der Waals surface area (Å²) < 4.78 is 4.63. The Labute approximate surface area is 249 Å². The third-order valence-corrected chi connectivity index (χ3v) is 7.82. The van der Waals surface area contributed by atoms with Crippen LogP contribution < -0.4 is 20.9 Å². The average Bonchev–Trinajstić information content (AvgIpc) is 3.20. The molecular weight excluding hydrogens is 552 g/mol. The number of nitrogens with zero attached hydrogens (tertiary/aromatic N) is 4. The van der Waals surface area contributed by atoms with Gasteiger partial charge in [0.05, 0.1) is 17.9 Å². The molecule has 2 aliphatic rings. The molecule has 1 fully saturated rings. The molecule has 2 aromatic carbocycles. The van der Waals surface area contributed by atoms with Crippen LogP contribution in [-0.4, -0.2) is 57.9 Å². The fourth-order valence-electron chi connectivity index (χ4n) is 5.44. The number of urea groups is 2. The molecule has 12 heteroatoms. The van der Waals surface area contributed by atoms with E-state index in [1.165, 1.54) is 4.90 Å². The number of anilines is 3. The number of hydrogen-bond acceptors (Lipinski definition) is 7. The largest absolute Gasteiger partial charge is 0.460 e. The lowest BCUT2D eigenvalue weighted by Crippen LogP contribution is -2.54. The molecule has 0 radical (unpaired) electrons. The molecule has 0 unspecified atom stereocenters. The van der Waals surface area contributed by atoms with Crippen LogP contribution in [-0.2, 0) is 9.59 Å². The van der Waals surface area contributed by atoms with Crippen LogP contribution >= 0.6 is 0 Å². The number of Topliss-reactive ketones (excluding diaryl/α,β-unsaturated/α-hetero) is 1. The van der Waals surface area contributed by atoms with Crippen molar-refractivity contribution in [1.82, 2.24) is 15.0 Å². The number of carbonyl (C=O) groups excluding carboxylic acids is 4. The van der Waals surface area contributed by atoms with Gasteiger partial charge >= 0.3 is 17.8 Å². The number of benzene rings is 2. The minimum atomic E-state index is -0.781. The summed E-state index contributed by atoms with van der Waals surface area (Å²) in [6.45, 7) is 4.52. The second-order valence-electron chi connectivity index (χ2n) is 12.0. The Hall–Kier alpha value is -4.74. The first-order chi connectivity index (χ1) is 20.5. The maximum atomic E-state index is 14.3. The molecule has 1 aliphatic heterocycles. The molecular formula is C31H36N6O6. The number of para-hydroxylation sites is 2. The number of H-pyrrole nitrogens is 1. The van der Waals surface area contributed by atoms with E-state index in [4.69, 9.17) is 0 Å². The predicted octanol–water partition coefficient (Wildman–Crippen LogP) is 5.18. The van der Waals surface area contributed by atoms with Crippen molar-refractivity contribution in [3.63, 3.8) is 0 Å². The lowest BCUT2D eigenvalue weighted by molar-refractivity contribution is -0.124. The van der Waals surface area contributed by atoms with Crippen molar-refractivity contribution in [1.29, 1.82) is 0 Å². The number of hydrogen-bond donors (Lipinski definition) is 2. The average molecular weight is 589 g/mol. The van der Waals surface area contributed by atoms with Crippen LogP contribution in [0.5, 0.6) is 0 Å². The van der Waals surface area contributed by atoms with Gasteiger partial charge in [0, 0.05) is 22.7 Å². The Balaban J connectivity index is 1.48. The van der Waals surface area contributed by atoms with Crippen LogP contribution in [0.3, 0.4) is 0 Å². The van der Waals surface area contributed by atoms with Crippen molar-refractivity contribution in [2.24, 2.45) is 5.41 Å². The molecule has 3 aromatic rings. The van der Waals surface area contributed by atoms with Gasteiger partial charge in [0.25, 0.3) is 0 Å². The van der Waals surface area contributed by atoms with Crippen LogP contribution in [0.15, 0.2) is 57.8 Å². The van der Waals surface area contributed by atoms with E-state index in [9.17, 15) is 24.0 Å². The number of carbonyl (C=O) groups is 4. The molecule has 0 saturated heterocycles. The minimum absolute atomic E-state index is 0.158. The quantitative estimate of drug-likeness (QED) is 0.362. The van der Waals surface area contributed by atoms with Gasteiger partial charge in [-0.25, -0.2) is 19.3 Å². The Morgan fingerprint density at radius 3 is 2.26 bits per heavy atom. The van der Waals surface area contributed by atoms with Gasteiger partial charge in [-0.15, -0.1) is 0 Å². The van der Waals surface area contributed by atoms with Crippen LogP contribution in [0, 0.1) is 5.41 Å². The van der Waals surface area contributed by atoms with Crippen molar-refractivity contribution >= 4 is 40.8 Å². The maximum Gasteiger partial charge on any atom is 0.460 e. The molecule has 5 rings (SSSR count). The summed E-state index contributed by atoms with van der Waals surface area (Å²) in [5, 5.41) is 5.15.